The number of hydrogen-bond donors (Lipinski definition) is 1. The average Bonchev–Trinajstić information content (AvgIpc) is 2.44. The van der Waals surface area contributed by atoms with Crippen molar-refractivity contribution >= 4 is 27.5 Å². The summed E-state index contributed by atoms with van der Waals surface area (Å²) in [5.41, 5.74) is 1.13. The molecule has 0 aliphatic heterocycles. The molecule has 0 fully saturated rings. The van der Waals surface area contributed by atoms with Gasteiger partial charge in [0.05, 0.1) is 10.2 Å². The van der Waals surface area contributed by atoms with Gasteiger partial charge in [0.1, 0.15) is 11.6 Å². The minimum atomic E-state index is -0.694. The summed E-state index contributed by atoms with van der Waals surface area (Å²) < 4.78 is 27.1. The minimum Gasteiger partial charge on any atom is -0.319 e. The van der Waals surface area contributed by atoms with E-state index in [1.807, 2.05) is 19.1 Å². The molecule has 2 aromatic rings. The monoisotopic (exact) mass is 339 g/mol. The molecule has 104 valence electrons. The van der Waals surface area contributed by atoms with Crippen molar-refractivity contribution in [1.82, 2.24) is 0 Å². The molecular weight excluding hydrogens is 328 g/mol. The highest BCUT2D eigenvalue weighted by atomic mass is 79.9. The van der Waals surface area contributed by atoms with Gasteiger partial charge in [-0.15, -0.1) is 0 Å². The van der Waals surface area contributed by atoms with Crippen LogP contribution in [0, 0.1) is 11.6 Å². The SMILES string of the molecule is CCc1ccccc1C(=O)Nc1cc(F)c(Br)cc1F. The fourth-order valence-corrected chi connectivity index (χ4v) is 2.17. The fraction of sp³-hybridized carbons (Fsp3) is 0.133. The lowest BCUT2D eigenvalue weighted by Crippen LogP contribution is -2.15. The molecule has 1 amide bonds. The standard InChI is InChI=1S/C15H12BrF2NO/c1-2-9-5-3-4-6-10(9)15(20)19-14-8-12(17)11(16)7-13(14)18/h3-8H,2H2,1H3,(H,19,20). The number of amides is 1. The molecule has 0 aromatic heterocycles. The molecule has 5 heteroatoms. The van der Waals surface area contributed by atoms with Crippen LogP contribution in [0.3, 0.4) is 0 Å². The molecule has 0 bridgehead atoms. The van der Waals surface area contributed by atoms with E-state index in [4.69, 9.17) is 0 Å². The van der Waals surface area contributed by atoms with Gasteiger partial charge >= 0.3 is 0 Å². The third-order valence-corrected chi connectivity index (χ3v) is 3.51. The number of carbonyl (C=O) groups is 1. The highest BCUT2D eigenvalue weighted by Crippen LogP contribution is 2.24. The summed E-state index contributed by atoms with van der Waals surface area (Å²) in [6.45, 7) is 1.92. The molecule has 0 aliphatic carbocycles. The van der Waals surface area contributed by atoms with Crippen LogP contribution in [0.5, 0.6) is 0 Å². The maximum atomic E-state index is 13.7. The summed E-state index contributed by atoms with van der Waals surface area (Å²) in [6.07, 6.45) is 0.681. The molecule has 0 heterocycles. The van der Waals surface area contributed by atoms with Crippen molar-refractivity contribution in [2.24, 2.45) is 0 Å². The third kappa shape index (κ3) is 3.04. The lowest BCUT2D eigenvalue weighted by atomic mass is 10.0. The van der Waals surface area contributed by atoms with E-state index in [1.165, 1.54) is 0 Å². The smallest absolute Gasteiger partial charge is 0.256 e. The first-order valence-corrected chi connectivity index (χ1v) is 6.86. The van der Waals surface area contributed by atoms with Gasteiger partial charge in [-0.2, -0.15) is 0 Å². The second-order valence-corrected chi connectivity index (χ2v) is 5.07. The molecule has 0 saturated carbocycles. The number of aryl methyl sites for hydroxylation is 1. The zero-order chi connectivity index (χ0) is 14.7. The van der Waals surface area contributed by atoms with E-state index in [-0.39, 0.29) is 10.2 Å². The number of halogens is 3. The Bertz CT molecular complexity index is 658. The lowest BCUT2D eigenvalue weighted by molar-refractivity contribution is 0.102. The van der Waals surface area contributed by atoms with Gasteiger partial charge in [0.15, 0.2) is 0 Å². The maximum Gasteiger partial charge on any atom is 0.256 e. The zero-order valence-electron chi connectivity index (χ0n) is 10.7. The van der Waals surface area contributed by atoms with Crippen molar-refractivity contribution in [2.75, 3.05) is 5.32 Å². The molecule has 0 radical (unpaired) electrons. The number of rotatable bonds is 3. The van der Waals surface area contributed by atoms with Gasteiger partial charge in [0, 0.05) is 11.6 Å². The second-order valence-electron chi connectivity index (χ2n) is 4.21. The third-order valence-electron chi connectivity index (χ3n) is 2.90. The van der Waals surface area contributed by atoms with Crippen LogP contribution in [-0.4, -0.2) is 5.91 Å². The Hall–Kier alpha value is -1.75. The van der Waals surface area contributed by atoms with Crippen LogP contribution in [0.15, 0.2) is 40.9 Å². The van der Waals surface area contributed by atoms with Crippen molar-refractivity contribution in [3.8, 4) is 0 Å². The summed E-state index contributed by atoms with van der Waals surface area (Å²) in [4.78, 5) is 12.1. The second kappa shape index (κ2) is 6.13. The molecule has 0 saturated heterocycles. The van der Waals surface area contributed by atoms with Crippen molar-refractivity contribution < 1.29 is 13.6 Å². The zero-order valence-corrected chi connectivity index (χ0v) is 12.3. The van der Waals surface area contributed by atoms with E-state index in [9.17, 15) is 13.6 Å². The Balaban J connectivity index is 2.30. The summed E-state index contributed by atoms with van der Waals surface area (Å²) in [6, 6.07) is 8.97. The normalized spacial score (nSPS) is 10.4. The average molecular weight is 340 g/mol. The van der Waals surface area contributed by atoms with E-state index in [1.54, 1.807) is 12.1 Å². The van der Waals surface area contributed by atoms with Crippen molar-refractivity contribution in [2.45, 2.75) is 13.3 Å². The number of benzene rings is 2. The van der Waals surface area contributed by atoms with Crippen LogP contribution in [0.1, 0.15) is 22.8 Å². The van der Waals surface area contributed by atoms with Crippen molar-refractivity contribution in [1.29, 1.82) is 0 Å². The summed E-state index contributed by atoms with van der Waals surface area (Å²) in [7, 11) is 0. The Morgan fingerprint density at radius 2 is 1.90 bits per heavy atom. The summed E-state index contributed by atoms with van der Waals surface area (Å²) >= 11 is 2.89. The molecule has 0 atom stereocenters. The number of carbonyl (C=O) groups excluding carboxylic acids is 1. The number of anilines is 1. The predicted molar refractivity (Wildman–Crippen MR) is 77.8 cm³/mol. The van der Waals surface area contributed by atoms with Gasteiger partial charge in [-0.25, -0.2) is 8.78 Å². The lowest BCUT2D eigenvalue weighted by Gasteiger charge is -2.10. The summed E-state index contributed by atoms with van der Waals surface area (Å²) in [5, 5.41) is 2.39. The van der Waals surface area contributed by atoms with Gasteiger partial charge in [-0.3, -0.25) is 4.79 Å². The van der Waals surface area contributed by atoms with Crippen LogP contribution >= 0.6 is 15.9 Å². The molecule has 2 nitrogen and oxygen atoms in total. The van der Waals surface area contributed by atoms with E-state index in [2.05, 4.69) is 21.2 Å². The highest BCUT2D eigenvalue weighted by molar-refractivity contribution is 9.10. The molecular formula is C15H12BrF2NO. The fourth-order valence-electron chi connectivity index (χ4n) is 1.86. The highest BCUT2D eigenvalue weighted by Gasteiger charge is 2.14. The molecule has 1 N–H and O–H groups in total. The van der Waals surface area contributed by atoms with Gasteiger partial charge in [-0.05, 0) is 40.0 Å². The largest absolute Gasteiger partial charge is 0.319 e. The Morgan fingerprint density at radius 1 is 1.20 bits per heavy atom. The van der Waals surface area contributed by atoms with Crippen LogP contribution in [0.25, 0.3) is 0 Å². The molecule has 2 aromatic carbocycles. The topological polar surface area (TPSA) is 29.1 Å². The van der Waals surface area contributed by atoms with Gasteiger partial charge < -0.3 is 5.32 Å². The van der Waals surface area contributed by atoms with Crippen LogP contribution < -0.4 is 5.32 Å². The maximum absolute atomic E-state index is 13.7. The number of nitrogens with one attached hydrogen (secondary N) is 1. The molecule has 0 spiro atoms. The van der Waals surface area contributed by atoms with Gasteiger partial charge in [-0.1, -0.05) is 25.1 Å². The first-order valence-electron chi connectivity index (χ1n) is 6.06. The van der Waals surface area contributed by atoms with Crippen molar-refractivity contribution in [3.63, 3.8) is 0 Å². The van der Waals surface area contributed by atoms with Crippen LogP contribution in [0.2, 0.25) is 0 Å². The predicted octanol–water partition coefficient (Wildman–Crippen LogP) is 4.54. The van der Waals surface area contributed by atoms with E-state index in [0.717, 1.165) is 17.7 Å². The Morgan fingerprint density at radius 3 is 2.60 bits per heavy atom. The Kier molecular flexibility index (Phi) is 4.49. The van der Waals surface area contributed by atoms with E-state index < -0.39 is 17.5 Å². The number of hydrogen-bond acceptors (Lipinski definition) is 1. The first-order chi connectivity index (χ1) is 9.52. The minimum absolute atomic E-state index is 0.0157. The van der Waals surface area contributed by atoms with E-state index >= 15 is 0 Å². The summed E-state index contributed by atoms with van der Waals surface area (Å²) in [5.74, 6) is -1.78. The van der Waals surface area contributed by atoms with Crippen LogP contribution in [0.4, 0.5) is 14.5 Å². The quantitative estimate of drug-likeness (QED) is 0.817. The Labute approximate surface area is 123 Å². The van der Waals surface area contributed by atoms with Gasteiger partial charge in [0.25, 0.3) is 5.91 Å². The first kappa shape index (κ1) is 14.7. The molecule has 0 unspecified atom stereocenters. The molecule has 2 rings (SSSR count). The van der Waals surface area contributed by atoms with Crippen LogP contribution in [-0.2, 0) is 6.42 Å². The van der Waals surface area contributed by atoms with Crippen molar-refractivity contribution in [3.05, 3.63) is 63.6 Å². The van der Waals surface area contributed by atoms with Gasteiger partial charge in [0.2, 0.25) is 0 Å². The van der Waals surface area contributed by atoms with E-state index in [0.29, 0.717) is 12.0 Å². The molecule has 20 heavy (non-hydrogen) atoms. The molecule has 0 aliphatic rings.